The molecule has 1 N–H and O–H groups in total. The Labute approximate surface area is 208 Å². The molecule has 36 heavy (non-hydrogen) atoms. The summed E-state index contributed by atoms with van der Waals surface area (Å²) >= 11 is 0. The molecule has 1 atom stereocenters. The van der Waals surface area contributed by atoms with Gasteiger partial charge in [-0.2, -0.15) is 5.10 Å². The molecule has 0 unspecified atom stereocenters. The van der Waals surface area contributed by atoms with Crippen LogP contribution in [0.25, 0.3) is 11.5 Å². The first-order valence-electron chi connectivity index (χ1n) is 11.4. The minimum Gasteiger partial charge on any atom is -0.497 e. The van der Waals surface area contributed by atoms with Gasteiger partial charge in [-0.25, -0.2) is 0 Å². The smallest absolute Gasteiger partial charge is 0.277 e. The highest BCUT2D eigenvalue weighted by Crippen LogP contribution is 2.38. The summed E-state index contributed by atoms with van der Waals surface area (Å²) in [7, 11) is 3.14. The van der Waals surface area contributed by atoms with Gasteiger partial charge in [0.1, 0.15) is 28.4 Å². The summed E-state index contributed by atoms with van der Waals surface area (Å²) in [6, 6.07) is 19.8. The van der Waals surface area contributed by atoms with E-state index in [2.05, 4.69) is 10.4 Å². The van der Waals surface area contributed by atoms with E-state index in [0.29, 0.717) is 28.6 Å². The fraction of sp³-hybridized carbons (Fsp3) is 0.222. The molecule has 2 amide bonds. The van der Waals surface area contributed by atoms with Crippen molar-refractivity contribution < 1.29 is 23.5 Å². The second kappa shape index (κ2) is 9.26. The summed E-state index contributed by atoms with van der Waals surface area (Å²) in [5.74, 6) is 1.07. The molecule has 0 saturated heterocycles. The quantitative estimate of drug-likeness (QED) is 0.426. The van der Waals surface area contributed by atoms with Crippen molar-refractivity contribution in [3.63, 3.8) is 0 Å². The number of amides is 2. The average molecular weight is 487 g/mol. The van der Waals surface area contributed by atoms with Crippen LogP contribution in [0.4, 0.5) is 5.69 Å². The van der Waals surface area contributed by atoms with Crippen LogP contribution in [0.5, 0.6) is 11.5 Å². The van der Waals surface area contributed by atoms with Crippen LogP contribution in [-0.4, -0.2) is 41.4 Å². The van der Waals surface area contributed by atoms with E-state index in [9.17, 15) is 9.59 Å². The van der Waals surface area contributed by atoms with Gasteiger partial charge in [0.15, 0.2) is 5.76 Å². The molecule has 0 bridgehead atoms. The van der Waals surface area contributed by atoms with Crippen LogP contribution in [0.1, 0.15) is 23.0 Å². The van der Waals surface area contributed by atoms with Gasteiger partial charge in [-0.05, 0) is 48.9 Å². The number of rotatable bonds is 7. The third kappa shape index (κ3) is 3.98. The highest BCUT2D eigenvalue weighted by Gasteiger charge is 2.49. The van der Waals surface area contributed by atoms with Crippen molar-refractivity contribution in [3.8, 4) is 23.0 Å². The largest absolute Gasteiger partial charge is 0.497 e. The lowest BCUT2D eigenvalue weighted by atomic mass is 9.93. The summed E-state index contributed by atoms with van der Waals surface area (Å²) in [6.45, 7) is 2.16. The van der Waals surface area contributed by atoms with E-state index in [1.54, 1.807) is 61.4 Å². The molecule has 184 valence electrons. The molecular weight excluding hydrogens is 460 g/mol. The summed E-state index contributed by atoms with van der Waals surface area (Å²) in [5, 5.41) is 7.58. The lowest BCUT2D eigenvalue weighted by Crippen LogP contribution is -2.64. The van der Waals surface area contributed by atoms with Crippen molar-refractivity contribution in [1.82, 2.24) is 15.1 Å². The summed E-state index contributed by atoms with van der Waals surface area (Å²) in [4.78, 5) is 29.2. The molecule has 9 heteroatoms. The van der Waals surface area contributed by atoms with E-state index in [-0.39, 0.29) is 24.9 Å². The van der Waals surface area contributed by atoms with Crippen molar-refractivity contribution in [2.45, 2.75) is 25.6 Å². The van der Waals surface area contributed by atoms with Crippen molar-refractivity contribution in [2.24, 2.45) is 0 Å². The molecule has 3 heterocycles. The van der Waals surface area contributed by atoms with E-state index in [4.69, 9.17) is 13.9 Å². The molecule has 0 radical (unpaired) electrons. The molecule has 9 nitrogen and oxygen atoms in total. The van der Waals surface area contributed by atoms with Gasteiger partial charge in [-0.1, -0.05) is 24.3 Å². The maximum Gasteiger partial charge on any atom is 0.277 e. The Balaban J connectivity index is 1.53. The number of anilines is 1. The van der Waals surface area contributed by atoms with Crippen molar-refractivity contribution >= 4 is 17.5 Å². The van der Waals surface area contributed by atoms with Crippen LogP contribution >= 0.6 is 0 Å². The first kappa shape index (κ1) is 23.2. The van der Waals surface area contributed by atoms with Crippen LogP contribution in [-0.2, 0) is 17.9 Å². The molecular formula is C27H26N4O5. The predicted molar refractivity (Wildman–Crippen MR) is 133 cm³/mol. The fourth-order valence-electron chi connectivity index (χ4n) is 4.43. The lowest BCUT2D eigenvalue weighted by molar-refractivity contribution is -0.126. The zero-order valence-corrected chi connectivity index (χ0v) is 20.2. The van der Waals surface area contributed by atoms with Crippen molar-refractivity contribution in [2.75, 3.05) is 19.1 Å². The van der Waals surface area contributed by atoms with Crippen LogP contribution in [0.3, 0.4) is 0 Å². The topological polar surface area (TPSA) is 98.8 Å². The number of nitrogens with one attached hydrogen (secondary N) is 1. The molecule has 2 aromatic heterocycles. The molecule has 2 aromatic carbocycles. The first-order valence-corrected chi connectivity index (χ1v) is 11.4. The minimum absolute atomic E-state index is 0.140. The number of fused-ring (bicyclic) bond motifs is 1. The number of carbonyl (C=O) groups excluding carboxylic acids is 2. The van der Waals surface area contributed by atoms with Gasteiger partial charge in [-0.15, -0.1) is 0 Å². The number of methoxy groups -OCH3 is 2. The molecule has 1 aliphatic heterocycles. The number of hydrogen-bond donors (Lipinski definition) is 1. The Morgan fingerprint density at radius 3 is 2.56 bits per heavy atom. The lowest BCUT2D eigenvalue weighted by Gasteiger charge is -2.43. The van der Waals surface area contributed by atoms with Crippen LogP contribution in [0.2, 0.25) is 0 Å². The van der Waals surface area contributed by atoms with Crippen molar-refractivity contribution in [1.29, 1.82) is 0 Å². The molecule has 4 aromatic rings. The van der Waals surface area contributed by atoms with E-state index >= 15 is 0 Å². The standard InChI is InChI=1S/C27H26N4O5/c1-27(26(33)28-16-18-10-12-19(34-2)13-11-18)17-30-22(15-20(29-30)23-9-6-14-36-23)25(32)31(27)21-7-4-5-8-24(21)35-3/h4-15H,16-17H2,1-3H3,(H,28,33)/t27-/m1/s1. The fourth-order valence-corrected chi connectivity index (χ4v) is 4.43. The molecule has 5 rings (SSSR count). The zero-order valence-electron chi connectivity index (χ0n) is 20.2. The Hall–Kier alpha value is -4.53. The molecule has 0 aliphatic carbocycles. The average Bonchev–Trinajstić information content (AvgIpc) is 3.58. The maximum absolute atomic E-state index is 13.9. The Morgan fingerprint density at radius 1 is 1.08 bits per heavy atom. The van der Waals surface area contributed by atoms with Gasteiger partial charge in [0.05, 0.1) is 32.7 Å². The number of hydrogen-bond acceptors (Lipinski definition) is 6. The van der Waals surface area contributed by atoms with Gasteiger partial charge in [-0.3, -0.25) is 19.2 Å². The SMILES string of the molecule is COc1ccc(CNC(=O)[C@@]2(C)Cn3nc(-c4ccco4)cc3C(=O)N2c2ccccc2OC)cc1. The maximum atomic E-state index is 13.9. The number of aromatic nitrogens is 2. The summed E-state index contributed by atoms with van der Waals surface area (Å²) in [6.07, 6.45) is 1.55. The number of benzene rings is 2. The van der Waals surface area contributed by atoms with E-state index < -0.39 is 5.54 Å². The second-order valence-electron chi connectivity index (χ2n) is 8.67. The number of carbonyl (C=O) groups is 2. The summed E-state index contributed by atoms with van der Waals surface area (Å²) < 4.78 is 17.8. The normalized spacial score (nSPS) is 17.0. The molecule has 1 aliphatic rings. The number of para-hydroxylation sites is 2. The monoisotopic (exact) mass is 486 g/mol. The zero-order chi connectivity index (χ0) is 25.3. The van der Waals surface area contributed by atoms with Gasteiger partial charge in [0.25, 0.3) is 5.91 Å². The predicted octanol–water partition coefficient (Wildman–Crippen LogP) is 3.90. The van der Waals surface area contributed by atoms with Gasteiger partial charge >= 0.3 is 0 Å². The highest BCUT2D eigenvalue weighted by molar-refractivity contribution is 6.12. The Morgan fingerprint density at radius 2 is 1.86 bits per heavy atom. The molecule has 0 saturated carbocycles. The van der Waals surface area contributed by atoms with Crippen LogP contribution in [0.15, 0.2) is 77.4 Å². The van der Waals surface area contributed by atoms with E-state index in [1.807, 2.05) is 30.3 Å². The Kier molecular flexibility index (Phi) is 5.97. The van der Waals surface area contributed by atoms with E-state index in [1.165, 1.54) is 12.0 Å². The molecule has 0 fully saturated rings. The number of furan rings is 1. The Bertz CT molecular complexity index is 1390. The van der Waals surface area contributed by atoms with Gasteiger partial charge < -0.3 is 19.2 Å². The molecule has 0 spiro atoms. The number of nitrogens with zero attached hydrogens (tertiary/aromatic N) is 3. The van der Waals surface area contributed by atoms with Crippen LogP contribution < -0.4 is 19.7 Å². The third-order valence-electron chi connectivity index (χ3n) is 6.35. The minimum atomic E-state index is -1.29. The van der Waals surface area contributed by atoms with Crippen molar-refractivity contribution in [3.05, 3.63) is 84.3 Å². The number of ether oxygens (including phenoxy) is 2. The highest BCUT2D eigenvalue weighted by atomic mass is 16.5. The third-order valence-corrected chi connectivity index (χ3v) is 6.35. The second-order valence-corrected chi connectivity index (χ2v) is 8.67. The first-order chi connectivity index (χ1) is 17.4. The van der Waals surface area contributed by atoms with Gasteiger partial charge in [0.2, 0.25) is 5.91 Å². The van der Waals surface area contributed by atoms with Gasteiger partial charge in [0, 0.05) is 12.6 Å². The van der Waals surface area contributed by atoms with E-state index in [0.717, 1.165) is 11.3 Å². The summed E-state index contributed by atoms with van der Waals surface area (Å²) in [5.41, 5.74) is 0.981. The van der Waals surface area contributed by atoms with Crippen LogP contribution in [0, 0.1) is 0 Å².